The van der Waals surface area contributed by atoms with Crippen LogP contribution in [0.3, 0.4) is 0 Å². The Hall–Kier alpha value is -1.55. The maximum atomic E-state index is 12.0. The van der Waals surface area contributed by atoms with E-state index in [2.05, 4.69) is 6.58 Å². The number of carbonyl (C=O) groups excluding carboxylic acids is 1. The maximum absolute atomic E-state index is 12.0. The lowest BCUT2D eigenvalue weighted by molar-refractivity contribution is -0.308. The summed E-state index contributed by atoms with van der Waals surface area (Å²) in [5, 5.41) is 39.6. The van der Waals surface area contributed by atoms with Gasteiger partial charge in [0.2, 0.25) is 0 Å². The third kappa shape index (κ3) is 4.63. The molecule has 8 nitrogen and oxygen atoms in total. The van der Waals surface area contributed by atoms with Gasteiger partial charge in [-0.15, -0.1) is 0 Å². The summed E-state index contributed by atoms with van der Waals surface area (Å²) in [6.45, 7) is 7.19. The van der Waals surface area contributed by atoms with Crippen molar-refractivity contribution >= 4 is 5.97 Å². The minimum atomic E-state index is -1.50. The maximum Gasteiger partial charge on any atom is 0.334 e. The SMILES string of the molecule is C=C1C(=O)O[C@H]2/C=C(\C)[C@@H](O[C@@H]3O[C@H](CO)[C@@H](O)[C@H](O)[C@H]3O)C/C=C(\C)CC[C@@H]12. The van der Waals surface area contributed by atoms with Crippen molar-refractivity contribution in [2.75, 3.05) is 6.61 Å². The molecule has 0 radical (unpaired) electrons. The summed E-state index contributed by atoms with van der Waals surface area (Å²) >= 11 is 0. The van der Waals surface area contributed by atoms with Crippen molar-refractivity contribution in [2.24, 2.45) is 5.92 Å². The van der Waals surface area contributed by atoms with Crippen LogP contribution in [0.5, 0.6) is 0 Å². The van der Waals surface area contributed by atoms with Gasteiger partial charge in [0, 0.05) is 11.5 Å². The summed E-state index contributed by atoms with van der Waals surface area (Å²) in [5.41, 5.74) is 2.39. The van der Waals surface area contributed by atoms with E-state index in [1.807, 2.05) is 26.0 Å². The Kier molecular flexibility index (Phi) is 6.93. The lowest BCUT2D eigenvalue weighted by Crippen LogP contribution is -2.59. The van der Waals surface area contributed by atoms with Crippen LogP contribution in [0.4, 0.5) is 0 Å². The monoisotopic (exact) mass is 410 g/mol. The number of rotatable bonds is 3. The molecule has 3 rings (SSSR count). The van der Waals surface area contributed by atoms with Gasteiger partial charge < -0.3 is 34.6 Å². The van der Waals surface area contributed by atoms with Crippen LogP contribution in [0.15, 0.2) is 35.5 Å². The topological polar surface area (TPSA) is 126 Å². The standard InChI is InChI=1S/C21H30O8/c1-10-4-6-13-12(3)20(26)27-15(13)8-11(2)14(7-5-10)28-21-19(25)18(24)17(23)16(9-22)29-21/h5,8,13-19,21-25H,3-4,6-7,9H2,1-2H3/b10-5+,11-8+/t13-,14-,15-,16+,17+,18-,19+,21+/m0/s1. The molecule has 162 valence electrons. The second kappa shape index (κ2) is 9.07. The first-order valence-corrected chi connectivity index (χ1v) is 9.92. The molecule has 2 fully saturated rings. The average Bonchev–Trinajstić information content (AvgIpc) is 2.95. The molecule has 8 atom stereocenters. The Morgan fingerprint density at radius 3 is 2.62 bits per heavy atom. The van der Waals surface area contributed by atoms with Crippen molar-refractivity contribution in [3.05, 3.63) is 35.5 Å². The molecule has 29 heavy (non-hydrogen) atoms. The fourth-order valence-electron chi connectivity index (χ4n) is 3.97. The Bertz CT molecular complexity index is 697. The number of aliphatic hydroxyl groups excluding tert-OH is 4. The van der Waals surface area contributed by atoms with Gasteiger partial charge in [0.1, 0.15) is 30.5 Å². The lowest BCUT2D eigenvalue weighted by Gasteiger charge is -2.41. The number of carbonyl (C=O) groups is 1. The van der Waals surface area contributed by atoms with E-state index in [0.717, 1.165) is 24.0 Å². The van der Waals surface area contributed by atoms with Gasteiger partial charge in [-0.1, -0.05) is 18.2 Å². The highest BCUT2D eigenvalue weighted by Gasteiger charge is 2.45. The van der Waals surface area contributed by atoms with Crippen LogP contribution in [0.1, 0.15) is 33.1 Å². The summed E-state index contributed by atoms with van der Waals surface area (Å²) in [7, 11) is 0. The number of hydrogen-bond donors (Lipinski definition) is 4. The van der Waals surface area contributed by atoms with Gasteiger partial charge in [-0.05, 0) is 44.8 Å². The second-order valence-corrected chi connectivity index (χ2v) is 8.06. The Morgan fingerprint density at radius 1 is 1.21 bits per heavy atom. The summed E-state index contributed by atoms with van der Waals surface area (Å²) in [6.07, 6.45) is -1.71. The molecule has 0 saturated carbocycles. The molecule has 2 saturated heterocycles. The number of fused-ring (bicyclic) bond motifs is 1. The zero-order valence-electron chi connectivity index (χ0n) is 16.7. The van der Waals surface area contributed by atoms with Crippen LogP contribution in [0, 0.1) is 5.92 Å². The molecule has 3 aliphatic rings. The summed E-state index contributed by atoms with van der Waals surface area (Å²) in [4.78, 5) is 12.0. The third-order valence-electron chi connectivity index (χ3n) is 5.96. The van der Waals surface area contributed by atoms with Crippen LogP contribution < -0.4 is 0 Å². The number of hydrogen-bond acceptors (Lipinski definition) is 8. The predicted octanol–water partition coefficient (Wildman–Crippen LogP) is 0.346. The van der Waals surface area contributed by atoms with Crippen molar-refractivity contribution in [1.29, 1.82) is 0 Å². The summed E-state index contributed by atoms with van der Waals surface area (Å²) in [5.74, 6) is -0.497. The molecular formula is C21H30O8. The first-order valence-electron chi connectivity index (χ1n) is 9.92. The largest absolute Gasteiger partial charge is 0.454 e. The Labute approximate surface area is 170 Å². The fourth-order valence-corrected chi connectivity index (χ4v) is 3.97. The van der Waals surface area contributed by atoms with Gasteiger partial charge in [0.15, 0.2) is 6.29 Å². The smallest absolute Gasteiger partial charge is 0.334 e. The van der Waals surface area contributed by atoms with E-state index in [-0.39, 0.29) is 5.92 Å². The normalized spacial score (nSPS) is 44.9. The van der Waals surface area contributed by atoms with E-state index in [1.165, 1.54) is 0 Å². The lowest BCUT2D eigenvalue weighted by atomic mass is 9.87. The molecule has 0 spiro atoms. The first kappa shape index (κ1) is 22.1. The average molecular weight is 410 g/mol. The molecule has 2 aliphatic heterocycles. The predicted molar refractivity (Wildman–Crippen MR) is 103 cm³/mol. The van der Waals surface area contributed by atoms with Crippen molar-refractivity contribution in [3.8, 4) is 0 Å². The van der Waals surface area contributed by atoms with E-state index in [0.29, 0.717) is 12.0 Å². The van der Waals surface area contributed by atoms with Crippen LogP contribution in [-0.4, -0.2) is 75.9 Å². The molecule has 2 heterocycles. The van der Waals surface area contributed by atoms with Crippen molar-refractivity contribution in [2.45, 2.75) is 76.0 Å². The molecule has 1 aliphatic carbocycles. The minimum absolute atomic E-state index is 0.105. The molecule has 0 aromatic heterocycles. The van der Waals surface area contributed by atoms with Gasteiger partial charge in [-0.3, -0.25) is 0 Å². The van der Waals surface area contributed by atoms with Crippen LogP contribution in [0.25, 0.3) is 0 Å². The summed E-state index contributed by atoms with van der Waals surface area (Å²) < 4.78 is 16.9. The molecule has 8 heteroatoms. The zero-order chi connectivity index (χ0) is 21.3. The number of aliphatic hydroxyl groups is 4. The molecule has 0 aromatic carbocycles. The van der Waals surface area contributed by atoms with Crippen LogP contribution >= 0.6 is 0 Å². The number of ether oxygens (including phenoxy) is 3. The molecule has 0 bridgehead atoms. The molecule has 0 amide bonds. The van der Waals surface area contributed by atoms with Gasteiger partial charge in [0.25, 0.3) is 0 Å². The van der Waals surface area contributed by atoms with Crippen molar-refractivity contribution in [1.82, 2.24) is 0 Å². The van der Waals surface area contributed by atoms with E-state index in [4.69, 9.17) is 14.2 Å². The summed E-state index contributed by atoms with van der Waals surface area (Å²) in [6, 6.07) is 0. The molecule has 0 unspecified atom stereocenters. The van der Waals surface area contributed by atoms with Gasteiger partial charge in [-0.2, -0.15) is 0 Å². The number of allylic oxidation sites excluding steroid dienone is 1. The third-order valence-corrected chi connectivity index (χ3v) is 5.96. The molecule has 4 N–H and O–H groups in total. The van der Waals surface area contributed by atoms with Gasteiger partial charge in [0.05, 0.1) is 12.7 Å². The number of esters is 1. The minimum Gasteiger partial charge on any atom is -0.454 e. The van der Waals surface area contributed by atoms with E-state index >= 15 is 0 Å². The zero-order valence-corrected chi connectivity index (χ0v) is 16.7. The molecular weight excluding hydrogens is 380 g/mol. The van der Waals surface area contributed by atoms with E-state index in [9.17, 15) is 25.2 Å². The second-order valence-electron chi connectivity index (χ2n) is 8.06. The van der Waals surface area contributed by atoms with Crippen LogP contribution in [0.2, 0.25) is 0 Å². The first-order chi connectivity index (χ1) is 13.7. The highest BCUT2D eigenvalue weighted by atomic mass is 16.7. The Morgan fingerprint density at radius 2 is 1.93 bits per heavy atom. The molecule has 0 aromatic rings. The van der Waals surface area contributed by atoms with Crippen LogP contribution in [-0.2, 0) is 19.0 Å². The highest BCUT2D eigenvalue weighted by molar-refractivity contribution is 5.91. The Balaban J connectivity index is 1.83. The van der Waals surface area contributed by atoms with Gasteiger partial charge in [-0.25, -0.2) is 4.79 Å². The quantitative estimate of drug-likeness (QED) is 0.298. The van der Waals surface area contributed by atoms with E-state index < -0.39 is 55.5 Å². The van der Waals surface area contributed by atoms with Gasteiger partial charge >= 0.3 is 5.97 Å². The van der Waals surface area contributed by atoms with Crippen molar-refractivity contribution < 1.29 is 39.4 Å². The highest BCUT2D eigenvalue weighted by Crippen LogP contribution is 2.35. The van der Waals surface area contributed by atoms with E-state index in [1.54, 1.807) is 0 Å². The fraction of sp³-hybridized carbons (Fsp3) is 0.667. The van der Waals surface area contributed by atoms with Crippen molar-refractivity contribution in [3.63, 3.8) is 0 Å².